The topological polar surface area (TPSA) is 12.5 Å². The number of fused-ring (bicyclic) bond motifs is 2. The molecule has 0 amide bonds. The Morgan fingerprint density at radius 1 is 1.15 bits per heavy atom. The highest BCUT2D eigenvalue weighted by atomic mass is 16.5. The van der Waals surface area contributed by atoms with Gasteiger partial charge in [-0.2, -0.15) is 0 Å². The summed E-state index contributed by atoms with van der Waals surface area (Å²) in [5.74, 6) is 1.49. The third kappa shape index (κ3) is 3.43. The van der Waals surface area contributed by atoms with Gasteiger partial charge in [-0.1, -0.05) is 55.0 Å². The maximum atomic E-state index is 5.52. The van der Waals surface area contributed by atoms with Crippen LogP contribution in [0.15, 0.2) is 67.3 Å². The minimum Gasteiger partial charge on any atom is -0.497 e. The molecule has 2 nitrogen and oxygen atoms in total. The molecule has 1 aliphatic carbocycles. The van der Waals surface area contributed by atoms with Crippen molar-refractivity contribution < 1.29 is 4.74 Å². The number of hydrogen-bond donors (Lipinski definition) is 0. The highest BCUT2D eigenvalue weighted by Gasteiger charge is 2.50. The first-order valence-corrected chi connectivity index (χ1v) is 10.3. The molecular weight excluding hydrogens is 330 g/mol. The van der Waals surface area contributed by atoms with Gasteiger partial charge in [0.2, 0.25) is 0 Å². The van der Waals surface area contributed by atoms with Crippen LogP contribution in [0.3, 0.4) is 0 Å². The fraction of sp³-hybridized carbons (Fsp3) is 0.440. The van der Waals surface area contributed by atoms with Gasteiger partial charge in [0.1, 0.15) is 5.75 Å². The van der Waals surface area contributed by atoms with Gasteiger partial charge in [-0.25, -0.2) is 0 Å². The van der Waals surface area contributed by atoms with E-state index in [1.807, 2.05) is 0 Å². The quantitative estimate of drug-likeness (QED) is 0.653. The van der Waals surface area contributed by atoms with Crippen LogP contribution in [-0.2, 0) is 11.8 Å². The van der Waals surface area contributed by atoms with E-state index in [0.29, 0.717) is 12.0 Å². The second-order valence-electron chi connectivity index (χ2n) is 8.13. The number of hydrogen-bond acceptors (Lipinski definition) is 2. The number of methoxy groups -OCH3 is 1. The summed E-state index contributed by atoms with van der Waals surface area (Å²) in [5.41, 5.74) is 3.11. The summed E-state index contributed by atoms with van der Waals surface area (Å²) in [7, 11) is 1.76. The zero-order chi connectivity index (χ0) is 18.7. The predicted octanol–water partition coefficient (Wildman–Crippen LogP) is 5.24. The lowest BCUT2D eigenvalue weighted by molar-refractivity contribution is 0.0115. The average molecular weight is 362 g/mol. The standard InChI is InChI=1S/C25H31NO/c1-3-23-24-13-8-15-25(23,21-11-7-12-22(19-21)27-2)16-18-26(24)17-14-20-9-5-4-6-10-20/h3-7,9-12,19,23-24H,1,8,13-18H2,2H3/t23-,24-,25-/m0/s1. The van der Waals surface area contributed by atoms with Crippen molar-refractivity contribution in [2.75, 3.05) is 20.2 Å². The number of nitrogens with zero attached hydrogens (tertiary/aromatic N) is 1. The molecule has 2 aromatic carbocycles. The summed E-state index contributed by atoms with van der Waals surface area (Å²) in [6.45, 7) is 6.60. The molecular formula is C25H31NO. The molecule has 1 saturated heterocycles. The van der Waals surface area contributed by atoms with Crippen LogP contribution in [0.2, 0.25) is 0 Å². The lowest BCUT2D eigenvalue weighted by Crippen LogP contribution is -2.58. The van der Waals surface area contributed by atoms with Gasteiger partial charge in [-0.05, 0) is 55.5 Å². The van der Waals surface area contributed by atoms with Crippen molar-refractivity contribution in [1.82, 2.24) is 4.90 Å². The van der Waals surface area contributed by atoms with Crippen molar-refractivity contribution in [3.05, 3.63) is 78.4 Å². The Morgan fingerprint density at radius 2 is 2.00 bits per heavy atom. The molecule has 0 radical (unpaired) electrons. The minimum atomic E-state index is 0.225. The summed E-state index contributed by atoms with van der Waals surface area (Å²) >= 11 is 0. The smallest absolute Gasteiger partial charge is 0.119 e. The number of likely N-dealkylation sites (tertiary alicyclic amines) is 1. The third-order valence-electron chi connectivity index (χ3n) is 6.92. The highest BCUT2D eigenvalue weighted by Crippen LogP contribution is 2.51. The van der Waals surface area contributed by atoms with Crippen LogP contribution < -0.4 is 4.74 Å². The molecule has 2 bridgehead atoms. The zero-order valence-electron chi connectivity index (χ0n) is 16.4. The van der Waals surface area contributed by atoms with Gasteiger partial charge in [0.25, 0.3) is 0 Å². The van der Waals surface area contributed by atoms with Crippen molar-refractivity contribution in [3.8, 4) is 5.75 Å². The molecule has 4 rings (SSSR count). The van der Waals surface area contributed by atoms with Gasteiger partial charge in [0.15, 0.2) is 0 Å². The Morgan fingerprint density at radius 3 is 2.78 bits per heavy atom. The van der Waals surface area contributed by atoms with Gasteiger partial charge in [-0.15, -0.1) is 6.58 Å². The van der Waals surface area contributed by atoms with Gasteiger partial charge in [-0.3, -0.25) is 4.90 Å². The van der Waals surface area contributed by atoms with Crippen LogP contribution in [0.1, 0.15) is 36.8 Å². The second kappa shape index (κ2) is 7.90. The molecule has 0 unspecified atom stereocenters. The van der Waals surface area contributed by atoms with Crippen LogP contribution in [0.25, 0.3) is 0 Å². The molecule has 3 atom stereocenters. The summed E-state index contributed by atoms with van der Waals surface area (Å²) in [5, 5.41) is 0. The number of piperidine rings is 1. The molecule has 2 heteroatoms. The van der Waals surface area contributed by atoms with Crippen LogP contribution in [0.4, 0.5) is 0 Å². The van der Waals surface area contributed by atoms with Crippen LogP contribution in [-0.4, -0.2) is 31.1 Å². The summed E-state index contributed by atoms with van der Waals surface area (Å²) in [6, 6.07) is 20.3. The molecule has 1 aliphatic heterocycles. The fourth-order valence-electron chi connectivity index (χ4n) is 5.54. The van der Waals surface area contributed by atoms with E-state index in [9.17, 15) is 0 Å². The van der Waals surface area contributed by atoms with E-state index in [4.69, 9.17) is 4.74 Å². The van der Waals surface area contributed by atoms with Crippen molar-refractivity contribution in [1.29, 1.82) is 0 Å². The lowest BCUT2D eigenvalue weighted by Gasteiger charge is -2.56. The van der Waals surface area contributed by atoms with E-state index in [0.717, 1.165) is 18.7 Å². The number of benzene rings is 2. The van der Waals surface area contributed by atoms with E-state index in [-0.39, 0.29) is 5.41 Å². The van der Waals surface area contributed by atoms with Crippen LogP contribution >= 0.6 is 0 Å². The van der Waals surface area contributed by atoms with Crippen molar-refractivity contribution >= 4 is 0 Å². The Bertz CT molecular complexity index is 771. The van der Waals surface area contributed by atoms with Gasteiger partial charge >= 0.3 is 0 Å². The molecule has 142 valence electrons. The Kier molecular flexibility index (Phi) is 5.36. The normalized spacial score (nSPS) is 27.9. The van der Waals surface area contributed by atoms with E-state index in [2.05, 4.69) is 72.2 Å². The van der Waals surface area contributed by atoms with Gasteiger partial charge in [0.05, 0.1) is 7.11 Å². The van der Waals surface area contributed by atoms with E-state index in [1.54, 1.807) is 7.11 Å². The second-order valence-corrected chi connectivity index (χ2v) is 8.13. The molecule has 27 heavy (non-hydrogen) atoms. The maximum absolute atomic E-state index is 5.52. The molecule has 0 spiro atoms. The Balaban J connectivity index is 1.57. The highest BCUT2D eigenvalue weighted by molar-refractivity contribution is 5.37. The minimum absolute atomic E-state index is 0.225. The van der Waals surface area contributed by atoms with Crippen molar-refractivity contribution in [2.45, 2.75) is 43.6 Å². The van der Waals surface area contributed by atoms with Crippen LogP contribution in [0, 0.1) is 5.92 Å². The third-order valence-corrected chi connectivity index (χ3v) is 6.92. The van der Waals surface area contributed by atoms with Gasteiger partial charge < -0.3 is 4.74 Å². The molecule has 2 aliphatic rings. The largest absolute Gasteiger partial charge is 0.497 e. The molecule has 1 heterocycles. The molecule has 0 aromatic heterocycles. The number of rotatable bonds is 6. The summed E-state index contributed by atoms with van der Waals surface area (Å²) in [4.78, 5) is 2.73. The monoisotopic (exact) mass is 361 g/mol. The van der Waals surface area contributed by atoms with Crippen molar-refractivity contribution in [2.24, 2.45) is 5.92 Å². The lowest BCUT2D eigenvalue weighted by atomic mass is 9.57. The summed E-state index contributed by atoms with van der Waals surface area (Å²) in [6.07, 6.45) is 8.44. The van der Waals surface area contributed by atoms with Crippen LogP contribution in [0.5, 0.6) is 5.75 Å². The van der Waals surface area contributed by atoms with E-state index < -0.39 is 0 Å². The van der Waals surface area contributed by atoms with Crippen molar-refractivity contribution in [3.63, 3.8) is 0 Å². The fourth-order valence-corrected chi connectivity index (χ4v) is 5.54. The molecule has 2 fully saturated rings. The van der Waals surface area contributed by atoms with E-state index >= 15 is 0 Å². The first kappa shape index (κ1) is 18.3. The van der Waals surface area contributed by atoms with E-state index in [1.165, 1.54) is 43.4 Å². The molecule has 1 saturated carbocycles. The average Bonchev–Trinajstić information content (AvgIpc) is 2.73. The Labute approximate surface area is 163 Å². The molecule has 0 N–H and O–H groups in total. The SMILES string of the molecule is C=C[C@H]1[C@@H]2CCC[C@@]1(c1cccc(OC)c1)CCN2CCc1ccccc1. The maximum Gasteiger partial charge on any atom is 0.119 e. The van der Waals surface area contributed by atoms with Gasteiger partial charge in [0, 0.05) is 23.9 Å². The Hall–Kier alpha value is -2.06. The first-order chi connectivity index (χ1) is 13.3. The predicted molar refractivity (Wildman–Crippen MR) is 112 cm³/mol. The summed E-state index contributed by atoms with van der Waals surface area (Å²) < 4.78 is 5.52. The zero-order valence-corrected chi connectivity index (χ0v) is 16.4. The molecule has 2 aromatic rings. The first-order valence-electron chi connectivity index (χ1n) is 10.3. The number of ether oxygens (including phenoxy) is 1.